The maximum absolute atomic E-state index is 13.5. The first-order chi connectivity index (χ1) is 16.5. The number of carbonyl (C=O) groups excluding carboxylic acids is 1. The Balaban J connectivity index is 1.41. The van der Waals surface area contributed by atoms with E-state index in [-0.39, 0.29) is 17.7 Å². The van der Waals surface area contributed by atoms with Gasteiger partial charge in [-0.3, -0.25) is 4.79 Å². The van der Waals surface area contributed by atoms with Gasteiger partial charge in [-0.25, -0.2) is 4.98 Å². The molecule has 0 N–H and O–H groups in total. The van der Waals surface area contributed by atoms with Gasteiger partial charge in [0.2, 0.25) is 11.8 Å². The summed E-state index contributed by atoms with van der Waals surface area (Å²) in [7, 11) is 2.07. The molecule has 0 spiro atoms. The Bertz CT molecular complexity index is 1280. The van der Waals surface area contributed by atoms with Crippen LogP contribution in [-0.2, 0) is 11.3 Å². The molecule has 1 aliphatic rings. The molecule has 1 fully saturated rings. The highest BCUT2D eigenvalue weighted by molar-refractivity contribution is 5.95. The molecule has 0 atom stereocenters. The molecule has 0 bridgehead atoms. The second-order valence-electron chi connectivity index (χ2n) is 8.50. The molecule has 8 nitrogen and oxygen atoms in total. The van der Waals surface area contributed by atoms with Gasteiger partial charge in [-0.15, -0.1) is 10.2 Å². The van der Waals surface area contributed by atoms with Crippen LogP contribution in [0.3, 0.4) is 0 Å². The van der Waals surface area contributed by atoms with Crippen LogP contribution in [0, 0.1) is 5.92 Å². The summed E-state index contributed by atoms with van der Waals surface area (Å²) < 4.78 is 32.4. The molecule has 1 saturated heterocycles. The lowest BCUT2D eigenvalue weighted by Crippen LogP contribution is -2.41. The Morgan fingerprint density at radius 3 is 2.65 bits per heavy atom. The summed E-state index contributed by atoms with van der Waals surface area (Å²) in [5, 5.41) is 7.08. The lowest BCUT2D eigenvalue weighted by atomic mass is 9.95. The fourth-order valence-electron chi connectivity index (χ4n) is 4.23. The van der Waals surface area contributed by atoms with E-state index < -0.39 is 12.3 Å². The average Bonchev–Trinajstić information content (AvgIpc) is 3.50. The van der Waals surface area contributed by atoms with Crippen LogP contribution in [0.25, 0.3) is 17.1 Å². The summed E-state index contributed by atoms with van der Waals surface area (Å²) in [5.41, 5.74) is 2.62. The van der Waals surface area contributed by atoms with Crippen molar-refractivity contribution in [1.82, 2.24) is 24.5 Å². The molecule has 0 radical (unpaired) electrons. The van der Waals surface area contributed by atoms with Gasteiger partial charge in [-0.05, 0) is 57.2 Å². The Hall–Kier alpha value is -3.66. The number of imidazole rings is 1. The third-order valence-corrected chi connectivity index (χ3v) is 6.11. The number of piperidine rings is 1. The molecule has 0 aliphatic carbocycles. The lowest BCUT2D eigenvalue weighted by molar-refractivity contribution is -0.123. The van der Waals surface area contributed by atoms with E-state index in [2.05, 4.69) is 27.1 Å². The molecule has 1 aromatic carbocycles. The number of benzene rings is 1. The highest BCUT2D eigenvalue weighted by Crippen LogP contribution is 2.26. The van der Waals surface area contributed by atoms with Crippen molar-refractivity contribution in [3.05, 3.63) is 66.4 Å². The molecule has 1 aliphatic heterocycles. The number of anilines is 1. The van der Waals surface area contributed by atoms with Crippen molar-refractivity contribution in [2.75, 3.05) is 25.0 Å². The van der Waals surface area contributed by atoms with Gasteiger partial charge in [0.25, 0.3) is 5.89 Å². The third-order valence-electron chi connectivity index (χ3n) is 6.11. The first kappa shape index (κ1) is 22.1. The van der Waals surface area contributed by atoms with Gasteiger partial charge < -0.3 is 18.6 Å². The van der Waals surface area contributed by atoms with Crippen molar-refractivity contribution >= 4 is 17.2 Å². The predicted octanol–water partition coefficient (Wildman–Crippen LogP) is 4.20. The number of fused-ring (bicyclic) bond motifs is 1. The molecule has 176 valence electrons. The molecule has 3 aromatic heterocycles. The second-order valence-corrected chi connectivity index (χ2v) is 8.50. The van der Waals surface area contributed by atoms with E-state index in [1.54, 1.807) is 23.2 Å². The summed E-state index contributed by atoms with van der Waals surface area (Å²) in [4.78, 5) is 22.2. The van der Waals surface area contributed by atoms with Crippen molar-refractivity contribution in [2.45, 2.75) is 25.8 Å². The van der Waals surface area contributed by atoms with Gasteiger partial charge in [0, 0.05) is 29.6 Å². The van der Waals surface area contributed by atoms with Gasteiger partial charge >= 0.3 is 6.43 Å². The minimum Gasteiger partial charge on any atom is -0.415 e. The summed E-state index contributed by atoms with van der Waals surface area (Å²) in [5.74, 6) is -0.639. The minimum atomic E-state index is -2.82. The standard InChI is InChI=1S/C24H24F2N6O2/c1-30-10-7-16(8-11-30)24(33)32(19-5-3-2-4-6-19)15-18-14-31-12-9-17(13-20(31)27-18)22-28-29-23(34-22)21(25)26/h2-6,9,12-14,16,21H,7-8,10-11,15H2,1H3. The topological polar surface area (TPSA) is 79.8 Å². The van der Waals surface area contributed by atoms with E-state index in [0.717, 1.165) is 31.6 Å². The summed E-state index contributed by atoms with van der Waals surface area (Å²) in [6, 6.07) is 13.0. The van der Waals surface area contributed by atoms with Gasteiger partial charge in [0.05, 0.1) is 12.2 Å². The van der Waals surface area contributed by atoms with Crippen LogP contribution in [-0.4, -0.2) is 50.5 Å². The number of halogens is 2. The zero-order chi connectivity index (χ0) is 23.7. The normalized spacial score (nSPS) is 15.3. The fourth-order valence-corrected chi connectivity index (χ4v) is 4.23. The number of likely N-dealkylation sites (tertiary alicyclic amines) is 1. The molecular weight excluding hydrogens is 442 g/mol. The van der Waals surface area contributed by atoms with Crippen LogP contribution in [0.15, 0.2) is 59.3 Å². The van der Waals surface area contributed by atoms with Crippen LogP contribution in [0.1, 0.15) is 30.9 Å². The Morgan fingerprint density at radius 1 is 1.18 bits per heavy atom. The van der Waals surface area contributed by atoms with Crippen LogP contribution < -0.4 is 4.90 Å². The number of pyridine rings is 1. The number of alkyl halides is 2. The van der Waals surface area contributed by atoms with Crippen LogP contribution in [0.4, 0.5) is 14.5 Å². The number of carbonyl (C=O) groups is 1. The monoisotopic (exact) mass is 466 g/mol. The second kappa shape index (κ2) is 9.30. The number of amides is 1. The third kappa shape index (κ3) is 4.54. The van der Waals surface area contributed by atoms with Gasteiger partial charge in [0.1, 0.15) is 5.65 Å². The maximum atomic E-state index is 13.5. The largest absolute Gasteiger partial charge is 0.415 e. The number of nitrogens with zero attached hydrogens (tertiary/aromatic N) is 6. The molecular formula is C24H24F2N6O2. The number of hydrogen-bond acceptors (Lipinski definition) is 6. The average molecular weight is 466 g/mol. The highest BCUT2D eigenvalue weighted by Gasteiger charge is 2.29. The van der Waals surface area contributed by atoms with Gasteiger partial charge in [-0.2, -0.15) is 8.78 Å². The van der Waals surface area contributed by atoms with Crippen LogP contribution in [0.5, 0.6) is 0 Å². The summed E-state index contributed by atoms with van der Waals surface area (Å²) >= 11 is 0. The van der Waals surface area contributed by atoms with Gasteiger partial charge in [0.15, 0.2) is 0 Å². The molecule has 0 unspecified atom stereocenters. The fraction of sp³-hybridized carbons (Fsp3) is 0.333. The first-order valence-electron chi connectivity index (χ1n) is 11.1. The number of aromatic nitrogens is 4. The lowest BCUT2D eigenvalue weighted by Gasteiger charge is -2.32. The van der Waals surface area contributed by atoms with E-state index in [1.807, 2.05) is 40.9 Å². The smallest absolute Gasteiger partial charge is 0.314 e. The Morgan fingerprint density at radius 2 is 1.94 bits per heavy atom. The van der Waals surface area contributed by atoms with Crippen molar-refractivity contribution in [2.24, 2.45) is 5.92 Å². The van der Waals surface area contributed by atoms with Crippen molar-refractivity contribution in [3.8, 4) is 11.5 Å². The zero-order valence-corrected chi connectivity index (χ0v) is 18.6. The molecule has 4 aromatic rings. The molecule has 10 heteroatoms. The zero-order valence-electron chi connectivity index (χ0n) is 18.6. The molecule has 4 heterocycles. The highest BCUT2D eigenvalue weighted by atomic mass is 19.3. The van der Waals surface area contributed by atoms with Crippen molar-refractivity contribution in [1.29, 1.82) is 0 Å². The summed E-state index contributed by atoms with van der Waals surface area (Å²) in [6.45, 7) is 2.13. The first-order valence-corrected chi connectivity index (χ1v) is 11.1. The molecule has 34 heavy (non-hydrogen) atoms. The number of hydrogen-bond donors (Lipinski definition) is 0. The van der Waals surface area contributed by atoms with E-state index in [4.69, 9.17) is 4.42 Å². The molecule has 1 amide bonds. The number of rotatable bonds is 6. The van der Waals surface area contributed by atoms with E-state index in [0.29, 0.717) is 23.4 Å². The molecule has 5 rings (SSSR count). The van der Waals surface area contributed by atoms with E-state index in [9.17, 15) is 13.6 Å². The van der Waals surface area contributed by atoms with Crippen molar-refractivity contribution < 1.29 is 18.0 Å². The van der Waals surface area contributed by atoms with Crippen LogP contribution >= 0.6 is 0 Å². The SMILES string of the molecule is CN1CCC(C(=O)N(Cc2cn3ccc(-c4nnc(C(F)F)o4)cc3n2)c2ccccc2)CC1. The molecule has 0 saturated carbocycles. The van der Waals surface area contributed by atoms with Gasteiger partial charge in [-0.1, -0.05) is 18.2 Å². The minimum absolute atomic E-state index is 0.00528. The van der Waals surface area contributed by atoms with Crippen molar-refractivity contribution in [3.63, 3.8) is 0 Å². The predicted molar refractivity (Wildman–Crippen MR) is 121 cm³/mol. The van der Waals surface area contributed by atoms with E-state index in [1.165, 1.54) is 0 Å². The summed E-state index contributed by atoms with van der Waals surface area (Å²) in [6.07, 6.45) is 2.44. The quantitative estimate of drug-likeness (QED) is 0.424. The Labute approximate surface area is 194 Å². The maximum Gasteiger partial charge on any atom is 0.314 e. The number of para-hydroxylation sites is 1. The van der Waals surface area contributed by atoms with Crippen LogP contribution in [0.2, 0.25) is 0 Å². The Kier molecular flexibility index (Phi) is 6.06. The van der Waals surface area contributed by atoms with E-state index >= 15 is 0 Å².